The van der Waals surface area contributed by atoms with Gasteiger partial charge in [0.05, 0.1) is 18.5 Å². The quantitative estimate of drug-likeness (QED) is 0.108. The molecule has 8 nitrogen and oxygen atoms in total. The normalized spacial score (nSPS) is 11.0. The molecule has 0 aliphatic heterocycles. The first-order valence-electron chi connectivity index (χ1n) is 11.7. The van der Waals surface area contributed by atoms with Gasteiger partial charge in [0.25, 0.3) is 5.91 Å². The van der Waals surface area contributed by atoms with E-state index in [2.05, 4.69) is 57.4 Å². The smallest absolute Gasteiger partial charge is 0.250 e. The van der Waals surface area contributed by atoms with Gasteiger partial charge in [0.1, 0.15) is 5.75 Å². The summed E-state index contributed by atoms with van der Waals surface area (Å²) in [5, 5.41) is 29.2. The van der Waals surface area contributed by atoms with E-state index in [-0.39, 0.29) is 17.4 Å². The lowest BCUT2D eigenvalue weighted by molar-refractivity contribution is -0.118. The minimum atomic E-state index is -0.299. The number of aromatic hydroxyl groups is 1. The van der Waals surface area contributed by atoms with Gasteiger partial charge in [-0.05, 0) is 29.5 Å². The van der Waals surface area contributed by atoms with Crippen LogP contribution in [-0.4, -0.2) is 37.7 Å². The van der Waals surface area contributed by atoms with E-state index in [9.17, 15) is 9.90 Å². The molecule has 0 spiro atoms. The van der Waals surface area contributed by atoms with E-state index in [4.69, 9.17) is 0 Å². The number of nitrogens with zero attached hydrogens (tertiary/aromatic N) is 4. The monoisotopic (exact) mass is 512 g/mol. The van der Waals surface area contributed by atoms with Crippen LogP contribution in [0.4, 0.5) is 5.69 Å². The van der Waals surface area contributed by atoms with Crippen LogP contribution in [0.3, 0.4) is 0 Å². The van der Waals surface area contributed by atoms with Crippen molar-refractivity contribution < 1.29 is 9.90 Å². The molecule has 1 heterocycles. The summed E-state index contributed by atoms with van der Waals surface area (Å²) >= 11 is 1.27. The van der Waals surface area contributed by atoms with E-state index >= 15 is 0 Å². The standard InChI is InChI=1S/C28H28N6O2S/c1-3-9-21-12-7-13-22(27(21)36)17-30-32-26(35)19-37-28-33-31-25(34(28)16-4-2)18-29-24-15-8-11-20-10-5-6-14-23(20)24/h3-8,10-15,17,29,36H,1-2,9,16,18-19H2,(H,32,35)/b30-17+. The van der Waals surface area contributed by atoms with Crippen LogP contribution in [0.1, 0.15) is 17.0 Å². The lowest BCUT2D eigenvalue weighted by Gasteiger charge is -2.11. The fourth-order valence-corrected chi connectivity index (χ4v) is 4.55. The molecule has 9 heteroatoms. The van der Waals surface area contributed by atoms with Crippen LogP contribution in [0.5, 0.6) is 5.75 Å². The molecule has 0 fully saturated rings. The van der Waals surface area contributed by atoms with Crippen molar-refractivity contribution in [3.8, 4) is 5.75 Å². The lowest BCUT2D eigenvalue weighted by atomic mass is 10.1. The van der Waals surface area contributed by atoms with Crippen LogP contribution in [0.15, 0.2) is 96.2 Å². The number of phenolic OH excluding ortho intramolecular Hbond substituents is 1. The van der Waals surface area contributed by atoms with Crippen molar-refractivity contribution in [1.82, 2.24) is 20.2 Å². The Labute approximate surface area is 219 Å². The molecule has 0 saturated carbocycles. The topological polar surface area (TPSA) is 104 Å². The molecule has 37 heavy (non-hydrogen) atoms. The Morgan fingerprint density at radius 1 is 1.05 bits per heavy atom. The summed E-state index contributed by atoms with van der Waals surface area (Å²) < 4.78 is 1.93. The van der Waals surface area contributed by atoms with Gasteiger partial charge < -0.3 is 15.0 Å². The van der Waals surface area contributed by atoms with Crippen molar-refractivity contribution >= 4 is 40.3 Å². The molecule has 0 atom stereocenters. The first kappa shape index (κ1) is 25.7. The van der Waals surface area contributed by atoms with Gasteiger partial charge in [-0.15, -0.1) is 23.4 Å². The second kappa shape index (κ2) is 12.5. The molecular weight excluding hydrogens is 484 g/mol. The summed E-state index contributed by atoms with van der Waals surface area (Å²) in [6.45, 7) is 8.51. The maximum absolute atomic E-state index is 12.4. The highest BCUT2D eigenvalue weighted by Gasteiger charge is 2.14. The van der Waals surface area contributed by atoms with E-state index in [0.29, 0.717) is 30.2 Å². The molecule has 4 rings (SSSR count). The summed E-state index contributed by atoms with van der Waals surface area (Å²) in [6.07, 6.45) is 5.44. The fraction of sp³-hybridized carbons (Fsp3) is 0.143. The van der Waals surface area contributed by atoms with E-state index in [1.807, 2.05) is 41.0 Å². The predicted molar refractivity (Wildman–Crippen MR) is 150 cm³/mol. The number of carbonyl (C=O) groups is 1. The van der Waals surface area contributed by atoms with Crippen molar-refractivity contribution in [3.63, 3.8) is 0 Å². The zero-order chi connectivity index (χ0) is 26.0. The summed E-state index contributed by atoms with van der Waals surface area (Å²) in [7, 11) is 0. The number of nitrogens with one attached hydrogen (secondary N) is 2. The Morgan fingerprint density at radius 3 is 2.70 bits per heavy atom. The number of amides is 1. The number of para-hydroxylation sites is 1. The lowest BCUT2D eigenvalue weighted by Crippen LogP contribution is -2.20. The predicted octanol–water partition coefficient (Wildman–Crippen LogP) is 4.91. The van der Waals surface area contributed by atoms with Crippen molar-refractivity contribution in [2.75, 3.05) is 11.1 Å². The van der Waals surface area contributed by atoms with Crippen LogP contribution < -0.4 is 10.7 Å². The van der Waals surface area contributed by atoms with E-state index in [1.54, 1.807) is 18.2 Å². The third-order valence-corrected chi connectivity index (χ3v) is 6.54. The molecule has 0 aliphatic rings. The second-order valence-electron chi connectivity index (χ2n) is 8.11. The summed E-state index contributed by atoms with van der Waals surface area (Å²) in [4.78, 5) is 12.4. The van der Waals surface area contributed by atoms with Crippen molar-refractivity contribution in [2.45, 2.75) is 24.7 Å². The van der Waals surface area contributed by atoms with Crippen molar-refractivity contribution in [3.05, 3.63) is 103 Å². The number of benzene rings is 3. The Kier molecular flexibility index (Phi) is 8.72. The number of rotatable bonds is 12. The first-order chi connectivity index (χ1) is 18.1. The Bertz CT molecular complexity index is 1440. The van der Waals surface area contributed by atoms with Crippen LogP contribution in [0.2, 0.25) is 0 Å². The number of hydrogen-bond donors (Lipinski definition) is 3. The summed E-state index contributed by atoms with van der Waals surface area (Å²) in [6, 6.07) is 19.7. The molecular formula is C28H28N6O2S. The zero-order valence-corrected chi connectivity index (χ0v) is 21.1. The second-order valence-corrected chi connectivity index (χ2v) is 9.05. The first-order valence-corrected chi connectivity index (χ1v) is 12.7. The molecule has 0 saturated heterocycles. The highest BCUT2D eigenvalue weighted by Crippen LogP contribution is 2.24. The number of carbonyl (C=O) groups excluding carboxylic acids is 1. The third kappa shape index (κ3) is 6.45. The number of hydrazone groups is 1. The van der Waals surface area contributed by atoms with Crippen LogP contribution in [0.25, 0.3) is 10.8 Å². The molecule has 3 N–H and O–H groups in total. The molecule has 0 aliphatic carbocycles. The maximum atomic E-state index is 12.4. The van der Waals surface area contributed by atoms with E-state index in [1.165, 1.54) is 18.0 Å². The number of fused-ring (bicyclic) bond motifs is 1. The third-order valence-electron chi connectivity index (χ3n) is 5.57. The Hall–Kier alpha value is -4.37. The molecule has 1 aromatic heterocycles. The van der Waals surface area contributed by atoms with Gasteiger partial charge in [-0.2, -0.15) is 5.10 Å². The minimum Gasteiger partial charge on any atom is -0.507 e. The molecule has 188 valence electrons. The number of anilines is 1. The Morgan fingerprint density at radius 2 is 1.86 bits per heavy atom. The number of thioether (sulfide) groups is 1. The van der Waals surface area contributed by atoms with Crippen LogP contribution >= 0.6 is 11.8 Å². The average molecular weight is 513 g/mol. The highest BCUT2D eigenvalue weighted by atomic mass is 32.2. The van der Waals surface area contributed by atoms with Crippen LogP contribution in [0, 0.1) is 0 Å². The van der Waals surface area contributed by atoms with Gasteiger partial charge in [-0.1, -0.05) is 72.4 Å². The van der Waals surface area contributed by atoms with E-state index < -0.39 is 0 Å². The van der Waals surface area contributed by atoms with Gasteiger partial charge >= 0.3 is 0 Å². The molecule has 0 unspecified atom stereocenters. The molecule has 0 radical (unpaired) electrons. The zero-order valence-electron chi connectivity index (χ0n) is 20.3. The molecule has 3 aromatic carbocycles. The molecule has 0 bridgehead atoms. The number of aromatic nitrogens is 3. The van der Waals surface area contributed by atoms with Crippen molar-refractivity contribution in [1.29, 1.82) is 0 Å². The summed E-state index contributed by atoms with van der Waals surface area (Å²) in [5.41, 5.74) is 4.76. The van der Waals surface area contributed by atoms with Gasteiger partial charge in [0, 0.05) is 23.2 Å². The minimum absolute atomic E-state index is 0.103. The fourth-order valence-electron chi connectivity index (χ4n) is 3.79. The highest BCUT2D eigenvalue weighted by molar-refractivity contribution is 7.99. The molecule has 1 amide bonds. The largest absolute Gasteiger partial charge is 0.507 e. The number of hydrogen-bond acceptors (Lipinski definition) is 7. The van der Waals surface area contributed by atoms with Gasteiger partial charge in [-0.3, -0.25) is 4.79 Å². The van der Waals surface area contributed by atoms with Gasteiger partial charge in [-0.25, -0.2) is 5.43 Å². The molecule has 4 aromatic rings. The number of phenols is 1. The van der Waals surface area contributed by atoms with Gasteiger partial charge in [0.15, 0.2) is 11.0 Å². The van der Waals surface area contributed by atoms with Crippen molar-refractivity contribution in [2.24, 2.45) is 5.10 Å². The van der Waals surface area contributed by atoms with Gasteiger partial charge in [0.2, 0.25) is 0 Å². The number of allylic oxidation sites excluding steroid dienone is 2. The average Bonchev–Trinajstić information content (AvgIpc) is 3.30. The Balaban J connectivity index is 1.36. The maximum Gasteiger partial charge on any atom is 0.250 e. The van der Waals surface area contributed by atoms with Crippen LogP contribution in [-0.2, 0) is 24.3 Å². The SMILES string of the molecule is C=CCc1cccc(/C=N/NC(=O)CSc2nnc(CNc3cccc4ccccc34)n2CC=C)c1O. The summed E-state index contributed by atoms with van der Waals surface area (Å²) in [5.74, 6) is 0.665. The van der Waals surface area contributed by atoms with E-state index in [0.717, 1.165) is 27.8 Å².